The highest BCUT2D eigenvalue weighted by atomic mass is 19.1. The monoisotopic (exact) mass is 351 g/mol. The molecule has 26 heavy (non-hydrogen) atoms. The molecule has 1 atom stereocenters. The predicted octanol–water partition coefficient (Wildman–Crippen LogP) is 4.12. The Labute approximate surface area is 152 Å². The first-order chi connectivity index (χ1) is 12.5. The van der Waals surface area contributed by atoms with Gasteiger partial charge in [-0.15, -0.1) is 0 Å². The molecule has 2 N–H and O–H groups in total. The lowest BCUT2D eigenvalue weighted by molar-refractivity contribution is -0.128. The number of benzene rings is 2. The van der Waals surface area contributed by atoms with Gasteiger partial charge in [-0.25, -0.2) is 9.38 Å². The SMILES string of the molecule is CCN1C(=O)CC(c2ccc(F)cc2)C(=C(C)N)C1=Nc1ccccc1. The Balaban J connectivity index is 2.14. The van der Waals surface area contributed by atoms with Gasteiger partial charge in [-0.3, -0.25) is 9.69 Å². The summed E-state index contributed by atoms with van der Waals surface area (Å²) >= 11 is 0. The summed E-state index contributed by atoms with van der Waals surface area (Å²) in [5, 5.41) is 0. The van der Waals surface area contributed by atoms with E-state index in [1.165, 1.54) is 12.1 Å². The van der Waals surface area contributed by atoms with Crippen molar-refractivity contribution in [1.29, 1.82) is 0 Å². The number of likely N-dealkylation sites (N-methyl/N-ethyl adjacent to an activating group) is 1. The van der Waals surface area contributed by atoms with E-state index in [1.807, 2.05) is 44.2 Å². The molecule has 2 aromatic rings. The number of allylic oxidation sites excluding steroid dienone is 1. The number of hydrogen-bond donors (Lipinski definition) is 1. The van der Waals surface area contributed by atoms with Crippen molar-refractivity contribution in [2.75, 3.05) is 6.54 Å². The summed E-state index contributed by atoms with van der Waals surface area (Å²) in [5.41, 5.74) is 9.26. The maximum Gasteiger partial charge on any atom is 0.229 e. The number of rotatable bonds is 3. The van der Waals surface area contributed by atoms with Gasteiger partial charge < -0.3 is 5.73 Å². The summed E-state index contributed by atoms with van der Waals surface area (Å²) in [7, 11) is 0. The summed E-state index contributed by atoms with van der Waals surface area (Å²) in [6.07, 6.45) is 0.289. The minimum Gasteiger partial charge on any atom is -0.402 e. The van der Waals surface area contributed by atoms with E-state index in [9.17, 15) is 9.18 Å². The fourth-order valence-corrected chi connectivity index (χ4v) is 3.31. The fourth-order valence-electron chi connectivity index (χ4n) is 3.31. The Bertz CT molecular complexity index is 853. The van der Waals surface area contributed by atoms with Crippen LogP contribution in [0.4, 0.5) is 10.1 Å². The zero-order chi connectivity index (χ0) is 18.7. The maximum atomic E-state index is 13.3. The van der Waals surface area contributed by atoms with E-state index in [-0.39, 0.29) is 24.1 Å². The number of likely N-dealkylation sites (tertiary alicyclic amines) is 1. The minimum atomic E-state index is -0.306. The largest absolute Gasteiger partial charge is 0.402 e. The van der Waals surface area contributed by atoms with Crippen molar-refractivity contribution in [3.63, 3.8) is 0 Å². The molecule has 0 spiro atoms. The molecule has 134 valence electrons. The highest BCUT2D eigenvalue weighted by Gasteiger charge is 2.36. The molecule has 1 amide bonds. The molecule has 5 heteroatoms. The van der Waals surface area contributed by atoms with Crippen molar-refractivity contribution < 1.29 is 9.18 Å². The van der Waals surface area contributed by atoms with Crippen molar-refractivity contribution >= 4 is 17.4 Å². The molecule has 1 fully saturated rings. The second kappa shape index (κ2) is 7.52. The molecular formula is C21H22FN3O. The lowest BCUT2D eigenvalue weighted by Gasteiger charge is -2.35. The van der Waals surface area contributed by atoms with Gasteiger partial charge in [0.15, 0.2) is 0 Å². The maximum absolute atomic E-state index is 13.3. The van der Waals surface area contributed by atoms with Crippen LogP contribution in [0.2, 0.25) is 0 Å². The molecule has 0 saturated carbocycles. The van der Waals surface area contributed by atoms with E-state index in [2.05, 4.69) is 0 Å². The zero-order valence-corrected chi connectivity index (χ0v) is 14.9. The van der Waals surface area contributed by atoms with E-state index in [4.69, 9.17) is 10.7 Å². The van der Waals surface area contributed by atoms with Crippen LogP contribution in [0.1, 0.15) is 31.7 Å². The smallest absolute Gasteiger partial charge is 0.229 e. The van der Waals surface area contributed by atoms with Gasteiger partial charge in [-0.05, 0) is 43.7 Å². The lowest BCUT2D eigenvalue weighted by atomic mass is 9.82. The first-order valence-electron chi connectivity index (χ1n) is 8.67. The van der Waals surface area contributed by atoms with Crippen molar-refractivity contribution in [2.24, 2.45) is 10.7 Å². The Morgan fingerprint density at radius 3 is 2.42 bits per heavy atom. The molecule has 1 aliphatic rings. The molecule has 1 unspecified atom stereocenters. The van der Waals surface area contributed by atoms with Crippen LogP contribution in [0.5, 0.6) is 0 Å². The Morgan fingerprint density at radius 1 is 1.19 bits per heavy atom. The predicted molar refractivity (Wildman–Crippen MR) is 102 cm³/mol. The number of halogens is 1. The minimum absolute atomic E-state index is 0.0125. The second-order valence-electron chi connectivity index (χ2n) is 6.31. The highest BCUT2D eigenvalue weighted by Crippen LogP contribution is 2.36. The van der Waals surface area contributed by atoms with Crippen molar-refractivity contribution in [3.05, 3.63) is 77.2 Å². The first kappa shape index (κ1) is 17.9. The quantitative estimate of drug-likeness (QED) is 0.904. The number of hydrogen-bond acceptors (Lipinski definition) is 3. The lowest BCUT2D eigenvalue weighted by Crippen LogP contribution is -2.45. The fraction of sp³-hybridized carbons (Fsp3) is 0.238. The molecule has 0 radical (unpaired) electrons. The molecule has 1 saturated heterocycles. The molecule has 4 nitrogen and oxygen atoms in total. The van der Waals surface area contributed by atoms with Gasteiger partial charge in [0, 0.05) is 30.2 Å². The van der Waals surface area contributed by atoms with Crippen molar-refractivity contribution in [1.82, 2.24) is 4.90 Å². The number of nitrogens with two attached hydrogens (primary N) is 1. The van der Waals surface area contributed by atoms with Crippen LogP contribution in [0.25, 0.3) is 0 Å². The third-order valence-corrected chi connectivity index (χ3v) is 4.53. The number of carbonyl (C=O) groups is 1. The Hall–Kier alpha value is -2.95. The van der Waals surface area contributed by atoms with Crippen LogP contribution in [-0.4, -0.2) is 23.2 Å². The molecular weight excluding hydrogens is 329 g/mol. The van der Waals surface area contributed by atoms with Crippen LogP contribution >= 0.6 is 0 Å². The van der Waals surface area contributed by atoms with Gasteiger partial charge in [0.2, 0.25) is 5.91 Å². The van der Waals surface area contributed by atoms with Crippen LogP contribution in [0.3, 0.4) is 0 Å². The standard InChI is InChI=1S/C21H22FN3O/c1-3-25-19(26)13-18(15-9-11-16(22)12-10-15)20(14(2)23)21(25)24-17-7-5-4-6-8-17/h4-12,18H,3,13,23H2,1-2H3. The Kier molecular flexibility index (Phi) is 5.16. The number of nitrogens with zero attached hydrogens (tertiary/aromatic N) is 2. The summed E-state index contributed by atoms with van der Waals surface area (Å²) in [5.74, 6) is 0.0170. The van der Waals surface area contributed by atoms with Gasteiger partial charge in [0.25, 0.3) is 0 Å². The van der Waals surface area contributed by atoms with Crippen molar-refractivity contribution in [2.45, 2.75) is 26.2 Å². The molecule has 1 aliphatic heterocycles. The topological polar surface area (TPSA) is 58.7 Å². The van der Waals surface area contributed by atoms with Gasteiger partial charge in [-0.2, -0.15) is 0 Å². The second-order valence-corrected chi connectivity index (χ2v) is 6.31. The van der Waals surface area contributed by atoms with E-state index in [1.54, 1.807) is 17.0 Å². The number of carbonyl (C=O) groups excluding carboxylic acids is 1. The van der Waals surface area contributed by atoms with Crippen LogP contribution in [0.15, 0.2) is 70.9 Å². The third-order valence-electron chi connectivity index (χ3n) is 4.53. The third kappa shape index (κ3) is 3.52. The molecule has 1 heterocycles. The molecule has 0 aliphatic carbocycles. The van der Waals surface area contributed by atoms with Gasteiger partial charge in [0.1, 0.15) is 11.7 Å². The van der Waals surface area contributed by atoms with Gasteiger partial charge >= 0.3 is 0 Å². The molecule has 2 aromatic carbocycles. The van der Waals surface area contributed by atoms with Gasteiger partial charge in [0.05, 0.1) is 5.69 Å². The number of para-hydroxylation sites is 1. The first-order valence-corrected chi connectivity index (χ1v) is 8.67. The number of piperidine rings is 1. The van der Waals surface area contributed by atoms with Crippen LogP contribution in [-0.2, 0) is 4.79 Å². The number of amides is 1. The van der Waals surface area contributed by atoms with E-state index >= 15 is 0 Å². The summed E-state index contributed by atoms with van der Waals surface area (Å²) in [6, 6.07) is 15.7. The zero-order valence-electron chi connectivity index (χ0n) is 14.9. The van der Waals surface area contributed by atoms with E-state index in [0.717, 1.165) is 16.8 Å². The summed E-state index contributed by atoms with van der Waals surface area (Å²) < 4.78 is 13.3. The van der Waals surface area contributed by atoms with Crippen LogP contribution in [0, 0.1) is 5.82 Å². The number of amidine groups is 1. The molecule has 0 bridgehead atoms. The summed E-state index contributed by atoms with van der Waals surface area (Å²) in [6.45, 7) is 4.24. The average molecular weight is 351 g/mol. The highest BCUT2D eigenvalue weighted by molar-refractivity contribution is 6.13. The molecule has 3 rings (SSSR count). The van der Waals surface area contributed by atoms with Crippen molar-refractivity contribution in [3.8, 4) is 0 Å². The van der Waals surface area contributed by atoms with Gasteiger partial charge in [-0.1, -0.05) is 30.3 Å². The molecule has 0 aromatic heterocycles. The van der Waals surface area contributed by atoms with Crippen LogP contribution < -0.4 is 5.73 Å². The average Bonchev–Trinajstić information content (AvgIpc) is 2.62. The van der Waals surface area contributed by atoms with E-state index < -0.39 is 0 Å². The Morgan fingerprint density at radius 2 is 1.85 bits per heavy atom. The normalized spacial score (nSPS) is 21.2. The summed E-state index contributed by atoms with van der Waals surface area (Å²) in [4.78, 5) is 19.1. The number of aliphatic imine (C=N–C) groups is 1. The van der Waals surface area contributed by atoms with E-state index in [0.29, 0.717) is 18.1 Å².